The van der Waals surface area contributed by atoms with Crippen LogP contribution in [0, 0.1) is 47.5 Å². The highest BCUT2D eigenvalue weighted by Gasteiger charge is 2.27. The van der Waals surface area contributed by atoms with E-state index in [4.69, 9.17) is 0 Å². The van der Waals surface area contributed by atoms with Gasteiger partial charge in [0.05, 0.1) is 39.7 Å². The van der Waals surface area contributed by atoms with Crippen LogP contribution in [0.15, 0.2) is 140 Å². The lowest BCUT2D eigenvalue weighted by Gasteiger charge is -2.29. The molecule has 0 atom stereocenters. The Hall–Kier alpha value is -5.93. The SMILES string of the molecule is CCCCN(c1ccc([C+](c2ccc(N(CCCC)c3c(C)cccc3C)cc2)c2ccc(Nc3c(C)cccc3C)c3ccccc23)cc1)c1c(C)cccc1C. The molecule has 0 heterocycles. The van der Waals surface area contributed by atoms with Crippen LogP contribution in [-0.2, 0) is 0 Å². The molecule has 0 amide bonds. The number of unbranched alkanes of at least 4 members (excludes halogenated alkanes) is 2. The summed E-state index contributed by atoms with van der Waals surface area (Å²) in [6, 6.07) is 51.9. The van der Waals surface area contributed by atoms with Crippen molar-refractivity contribution >= 4 is 44.9 Å². The van der Waals surface area contributed by atoms with Crippen molar-refractivity contribution < 1.29 is 0 Å². The first-order valence-corrected chi connectivity index (χ1v) is 21.3. The van der Waals surface area contributed by atoms with Crippen LogP contribution in [0.4, 0.5) is 34.1 Å². The van der Waals surface area contributed by atoms with Crippen LogP contribution in [0.5, 0.6) is 0 Å². The molecule has 0 aromatic heterocycles. The number of rotatable bonds is 15. The number of hydrogen-bond donors (Lipinski definition) is 1. The Kier molecular flexibility index (Phi) is 12.6. The maximum absolute atomic E-state index is 3.83. The fourth-order valence-corrected chi connectivity index (χ4v) is 8.70. The van der Waals surface area contributed by atoms with Crippen molar-refractivity contribution in [2.45, 2.75) is 81.1 Å². The first-order valence-electron chi connectivity index (χ1n) is 21.3. The zero-order valence-corrected chi connectivity index (χ0v) is 35.9. The second kappa shape index (κ2) is 18.1. The van der Waals surface area contributed by atoms with Gasteiger partial charge >= 0.3 is 0 Å². The van der Waals surface area contributed by atoms with Crippen LogP contribution in [0.2, 0.25) is 0 Å². The zero-order valence-electron chi connectivity index (χ0n) is 35.9. The maximum atomic E-state index is 3.83. The minimum atomic E-state index is 0.980. The van der Waals surface area contributed by atoms with Gasteiger partial charge in [0.2, 0.25) is 0 Å². The molecule has 0 radical (unpaired) electrons. The Morgan fingerprint density at radius 3 is 1.28 bits per heavy atom. The van der Waals surface area contributed by atoms with Crippen LogP contribution in [0.1, 0.15) is 89.6 Å². The summed E-state index contributed by atoms with van der Waals surface area (Å²) in [5, 5.41) is 6.26. The molecule has 3 nitrogen and oxygen atoms in total. The second-order valence-corrected chi connectivity index (χ2v) is 16.1. The highest BCUT2D eigenvalue weighted by Crippen LogP contribution is 2.42. The van der Waals surface area contributed by atoms with Crippen molar-refractivity contribution in [3.05, 3.63) is 196 Å². The van der Waals surface area contributed by atoms with Crippen molar-refractivity contribution in [2.75, 3.05) is 28.2 Å². The molecule has 0 saturated heterocycles. The molecular weight excluding hydrogens is 703 g/mol. The molecule has 0 fully saturated rings. The van der Waals surface area contributed by atoms with Crippen molar-refractivity contribution in [3.63, 3.8) is 0 Å². The summed E-state index contributed by atoms with van der Waals surface area (Å²) in [4.78, 5) is 5.04. The number of benzene rings is 7. The molecule has 7 aromatic rings. The smallest absolute Gasteiger partial charge is 0.0638 e. The molecule has 58 heavy (non-hydrogen) atoms. The van der Waals surface area contributed by atoms with Gasteiger partial charge in [-0.3, -0.25) is 0 Å². The number of fused-ring (bicyclic) bond motifs is 1. The Balaban J connectivity index is 1.36. The van der Waals surface area contributed by atoms with Gasteiger partial charge < -0.3 is 15.1 Å². The normalized spacial score (nSPS) is 11.2. The van der Waals surface area contributed by atoms with Gasteiger partial charge in [0.1, 0.15) is 0 Å². The lowest BCUT2D eigenvalue weighted by molar-refractivity contribution is 0.783. The number of nitrogens with zero attached hydrogens (tertiary/aromatic N) is 2. The number of para-hydroxylation sites is 3. The van der Waals surface area contributed by atoms with E-state index >= 15 is 0 Å². The van der Waals surface area contributed by atoms with Crippen LogP contribution < -0.4 is 15.1 Å². The molecule has 1 N–H and O–H groups in total. The van der Waals surface area contributed by atoms with Crippen LogP contribution >= 0.6 is 0 Å². The predicted octanol–water partition coefficient (Wildman–Crippen LogP) is 15.3. The van der Waals surface area contributed by atoms with Gasteiger partial charge in [0.15, 0.2) is 0 Å². The summed E-state index contributed by atoms with van der Waals surface area (Å²) in [5.74, 6) is 1.23. The molecule has 294 valence electrons. The Bertz CT molecular complexity index is 2310. The van der Waals surface area contributed by atoms with E-state index in [9.17, 15) is 0 Å². The number of aryl methyl sites for hydroxylation is 6. The second-order valence-electron chi connectivity index (χ2n) is 16.1. The van der Waals surface area contributed by atoms with E-state index in [1.807, 2.05) is 0 Å². The molecule has 0 saturated carbocycles. The zero-order chi connectivity index (χ0) is 40.8. The highest BCUT2D eigenvalue weighted by atomic mass is 15.1. The van der Waals surface area contributed by atoms with E-state index in [1.54, 1.807) is 0 Å². The van der Waals surface area contributed by atoms with Gasteiger partial charge in [-0.05, 0) is 161 Å². The third-order valence-electron chi connectivity index (χ3n) is 11.8. The third-order valence-corrected chi connectivity index (χ3v) is 11.8. The molecule has 0 aliphatic rings. The van der Waals surface area contributed by atoms with Crippen LogP contribution in [0.3, 0.4) is 0 Å². The topological polar surface area (TPSA) is 18.5 Å². The average molecular weight is 763 g/mol. The standard InChI is InChI=1S/C55H60N3/c1-9-11-36-57(54-40(5)20-16-21-41(54)6)46-30-26-44(27-31-46)52(45-28-32-47(33-29-45)58(37-12-10-2)55-42(7)22-17-23-43(55)8)50-34-35-51(49-25-14-13-24-48(49)50)56-53-38(3)18-15-19-39(53)4/h13-35,56H,9-12,36-37H2,1-8H3/q+1. The average Bonchev–Trinajstić information content (AvgIpc) is 3.23. The van der Waals surface area contributed by atoms with E-state index in [0.717, 1.165) is 44.5 Å². The quantitative estimate of drug-likeness (QED) is 0.0829. The summed E-state index contributed by atoms with van der Waals surface area (Å²) in [6.07, 6.45) is 4.55. The first kappa shape index (κ1) is 40.3. The van der Waals surface area contributed by atoms with E-state index < -0.39 is 0 Å². The Morgan fingerprint density at radius 1 is 0.431 bits per heavy atom. The monoisotopic (exact) mass is 762 g/mol. The van der Waals surface area contributed by atoms with Crippen molar-refractivity contribution in [3.8, 4) is 0 Å². The summed E-state index contributed by atoms with van der Waals surface area (Å²) in [5.41, 5.74) is 18.7. The summed E-state index contributed by atoms with van der Waals surface area (Å²) < 4.78 is 0. The Labute approximate surface area is 348 Å². The summed E-state index contributed by atoms with van der Waals surface area (Å²) in [7, 11) is 0. The van der Waals surface area contributed by atoms with Gasteiger partial charge in [-0.25, -0.2) is 0 Å². The van der Waals surface area contributed by atoms with E-state index in [0.29, 0.717) is 0 Å². The minimum Gasteiger partial charge on any atom is -0.354 e. The van der Waals surface area contributed by atoms with Crippen molar-refractivity contribution in [2.24, 2.45) is 0 Å². The van der Waals surface area contributed by atoms with Crippen LogP contribution in [0.25, 0.3) is 10.8 Å². The molecule has 0 bridgehead atoms. The van der Waals surface area contributed by atoms with Gasteiger partial charge in [-0.15, -0.1) is 0 Å². The number of anilines is 6. The van der Waals surface area contributed by atoms with Gasteiger partial charge in [-0.1, -0.05) is 93.4 Å². The van der Waals surface area contributed by atoms with Crippen LogP contribution in [-0.4, -0.2) is 13.1 Å². The van der Waals surface area contributed by atoms with Crippen molar-refractivity contribution in [1.82, 2.24) is 0 Å². The van der Waals surface area contributed by atoms with Gasteiger partial charge in [-0.2, -0.15) is 0 Å². The third kappa shape index (κ3) is 8.36. The molecule has 0 spiro atoms. The molecule has 7 rings (SSSR count). The lowest BCUT2D eigenvalue weighted by atomic mass is 9.82. The predicted molar refractivity (Wildman–Crippen MR) is 252 cm³/mol. The number of hydrogen-bond acceptors (Lipinski definition) is 3. The largest absolute Gasteiger partial charge is 0.354 e. The number of nitrogens with one attached hydrogen (secondary N) is 1. The van der Waals surface area contributed by atoms with Crippen molar-refractivity contribution in [1.29, 1.82) is 0 Å². The first-order chi connectivity index (χ1) is 28.2. The fourth-order valence-electron chi connectivity index (χ4n) is 8.70. The summed E-state index contributed by atoms with van der Waals surface area (Å²) >= 11 is 0. The van der Waals surface area contributed by atoms with Gasteiger partial charge in [0, 0.05) is 40.9 Å². The minimum absolute atomic E-state index is 0.980. The maximum Gasteiger partial charge on any atom is 0.0638 e. The Morgan fingerprint density at radius 2 is 0.845 bits per heavy atom. The van der Waals surface area contributed by atoms with Gasteiger partial charge in [0.25, 0.3) is 0 Å². The van der Waals surface area contributed by atoms with E-state index in [-0.39, 0.29) is 0 Å². The molecular formula is C55H60N3+. The summed E-state index contributed by atoms with van der Waals surface area (Å²) in [6.45, 7) is 19.8. The molecule has 0 aliphatic heterocycles. The molecule has 3 heteroatoms. The van der Waals surface area contributed by atoms with E-state index in [1.165, 1.54) is 95.2 Å². The lowest BCUT2D eigenvalue weighted by Crippen LogP contribution is -2.20. The molecule has 7 aromatic carbocycles. The molecule has 0 aliphatic carbocycles. The van der Waals surface area contributed by atoms with E-state index in [2.05, 4.69) is 210 Å². The molecule has 0 unspecified atom stereocenters. The fraction of sp³-hybridized carbons (Fsp3) is 0.255. The highest BCUT2D eigenvalue weighted by molar-refractivity contribution is 6.00.